The largest absolute Gasteiger partial charge is 0.493 e. The van der Waals surface area contributed by atoms with Crippen LogP contribution in [0.2, 0.25) is 0 Å². The van der Waals surface area contributed by atoms with E-state index in [1.807, 2.05) is 13.8 Å². The third kappa shape index (κ3) is 4.46. The number of amides is 1. The fourth-order valence-electron chi connectivity index (χ4n) is 1.27. The number of carbonyl (C=O) groups is 1. The molecule has 0 aliphatic heterocycles. The van der Waals surface area contributed by atoms with Gasteiger partial charge in [0.25, 0.3) is 0 Å². The van der Waals surface area contributed by atoms with Gasteiger partial charge in [0.1, 0.15) is 11.8 Å². The van der Waals surface area contributed by atoms with E-state index >= 15 is 0 Å². The standard InChI is InChI=1S/C13H13F3N2O2/c1-8(2)7-20-10-3-4-11(9(5-10)6-17)18-12(19)13(14,15)16/h3-5,8H,7H2,1-2H3,(H,18,19). The van der Waals surface area contributed by atoms with Gasteiger partial charge in [0.15, 0.2) is 0 Å². The Bertz CT molecular complexity index is 533. The molecule has 0 heterocycles. The van der Waals surface area contributed by atoms with E-state index in [0.717, 1.165) is 0 Å². The summed E-state index contributed by atoms with van der Waals surface area (Å²) in [7, 11) is 0. The number of anilines is 1. The van der Waals surface area contributed by atoms with Gasteiger partial charge in [-0.2, -0.15) is 18.4 Å². The highest BCUT2D eigenvalue weighted by Crippen LogP contribution is 2.24. The molecule has 0 aromatic heterocycles. The molecule has 0 radical (unpaired) electrons. The summed E-state index contributed by atoms with van der Waals surface area (Å²) in [4.78, 5) is 10.8. The lowest BCUT2D eigenvalue weighted by molar-refractivity contribution is -0.167. The zero-order valence-electron chi connectivity index (χ0n) is 10.9. The number of nitrogens with zero attached hydrogens (tertiary/aromatic N) is 1. The molecule has 1 aromatic carbocycles. The summed E-state index contributed by atoms with van der Waals surface area (Å²) in [5.41, 5.74) is -0.296. The molecule has 0 aliphatic rings. The van der Waals surface area contributed by atoms with Crippen molar-refractivity contribution in [2.45, 2.75) is 20.0 Å². The van der Waals surface area contributed by atoms with Crippen molar-refractivity contribution in [1.29, 1.82) is 5.26 Å². The third-order valence-corrected chi connectivity index (χ3v) is 2.20. The van der Waals surface area contributed by atoms with Gasteiger partial charge in [-0.15, -0.1) is 0 Å². The number of benzene rings is 1. The van der Waals surface area contributed by atoms with Gasteiger partial charge in [-0.1, -0.05) is 13.8 Å². The number of rotatable bonds is 4. The molecule has 20 heavy (non-hydrogen) atoms. The van der Waals surface area contributed by atoms with Gasteiger partial charge in [0.05, 0.1) is 17.9 Å². The quantitative estimate of drug-likeness (QED) is 0.925. The highest BCUT2D eigenvalue weighted by molar-refractivity contribution is 5.96. The number of ether oxygens (including phenoxy) is 1. The summed E-state index contributed by atoms with van der Waals surface area (Å²) in [5.74, 6) is -1.49. The van der Waals surface area contributed by atoms with Gasteiger partial charge in [-0.3, -0.25) is 4.79 Å². The zero-order chi connectivity index (χ0) is 15.3. The van der Waals surface area contributed by atoms with E-state index in [4.69, 9.17) is 10.00 Å². The van der Waals surface area contributed by atoms with E-state index in [2.05, 4.69) is 0 Å². The smallest absolute Gasteiger partial charge is 0.471 e. The average Bonchev–Trinajstić information content (AvgIpc) is 2.36. The maximum atomic E-state index is 12.1. The Balaban J connectivity index is 2.89. The Hall–Kier alpha value is -2.23. The van der Waals surface area contributed by atoms with Gasteiger partial charge in [-0.25, -0.2) is 0 Å². The van der Waals surface area contributed by atoms with Crippen molar-refractivity contribution in [2.24, 2.45) is 5.92 Å². The first-order valence-electron chi connectivity index (χ1n) is 5.79. The number of hydrogen-bond donors (Lipinski definition) is 1. The Morgan fingerprint density at radius 1 is 1.45 bits per heavy atom. The summed E-state index contributed by atoms with van der Waals surface area (Å²) in [6.07, 6.45) is -5.00. The Kier molecular flexibility index (Phi) is 4.97. The molecule has 0 saturated heterocycles. The highest BCUT2D eigenvalue weighted by atomic mass is 19.4. The van der Waals surface area contributed by atoms with Crippen molar-refractivity contribution in [3.8, 4) is 11.8 Å². The second-order valence-corrected chi connectivity index (χ2v) is 4.48. The van der Waals surface area contributed by atoms with Crippen molar-refractivity contribution in [3.63, 3.8) is 0 Å². The molecule has 0 unspecified atom stereocenters. The van der Waals surface area contributed by atoms with E-state index in [-0.39, 0.29) is 17.2 Å². The normalized spacial score (nSPS) is 11.1. The molecule has 0 bridgehead atoms. The lowest BCUT2D eigenvalue weighted by atomic mass is 10.2. The summed E-state index contributed by atoms with van der Waals surface area (Å²) in [6, 6.07) is 5.61. The Labute approximate surface area is 114 Å². The SMILES string of the molecule is CC(C)COc1ccc(NC(=O)C(F)(F)F)c(C#N)c1. The van der Waals surface area contributed by atoms with Gasteiger partial charge in [-0.05, 0) is 24.1 Å². The lowest BCUT2D eigenvalue weighted by Gasteiger charge is -2.12. The Morgan fingerprint density at radius 3 is 2.60 bits per heavy atom. The number of nitrogens with one attached hydrogen (secondary N) is 1. The summed E-state index contributed by atoms with van der Waals surface area (Å²) < 4.78 is 41.8. The fraction of sp³-hybridized carbons (Fsp3) is 0.385. The molecule has 0 aliphatic carbocycles. The molecule has 0 saturated carbocycles. The molecule has 4 nitrogen and oxygen atoms in total. The molecule has 1 N–H and O–H groups in total. The molecule has 1 amide bonds. The first-order valence-corrected chi connectivity index (χ1v) is 5.79. The number of hydrogen-bond acceptors (Lipinski definition) is 3. The first-order chi connectivity index (χ1) is 9.24. The molecule has 0 spiro atoms. The van der Waals surface area contributed by atoms with Crippen LogP contribution in [-0.4, -0.2) is 18.7 Å². The minimum absolute atomic E-state index is 0.0937. The van der Waals surface area contributed by atoms with Crippen LogP contribution in [0.25, 0.3) is 0 Å². The molecule has 108 valence electrons. The van der Waals surface area contributed by atoms with Crippen molar-refractivity contribution in [1.82, 2.24) is 0 Å². The van der Waals surface area contributed by atoms with Crippen LogP contribution < -0.4 is 10.1 Å². The maximum absolute atomic E-state index is 12.1. The zero-order valence-corrected chi connectivity index (χ0v) is 10.9. The first kappa shape index (κ1) is 15.8. The van der Waals surface area contributed by atoms with Gasteiger partial charge < -0.3 is 10.1 Å². The summed E-state index contributed by atoms with van der Waals surface area (Å²) in [5, 5.41) is 10.5. The van der Waals surface area contributed by atoms with Crippen LogP contribution in [0.1, 0.15) is 19.4 Å². The molecule has 1 rings (SSSR count). The molecular formula is C13H13F3N2O2. The van der Waals surface area contributed by atoms with Crippen LogP contribution in [0.15, 0.2) is 18.2 Å². The predicted octanol–water partition coefficient (Wildman–Crippen LogP) is 3.09. The molecular weight excluding hydrogens is 273 g/mol. The van der Waals surface area contributed by atoms with Gasteiger partial charge in [0, 0.05) is 0 Å². The molecule has 0 atom stereocenters. The second-order valence-electron chi connectivity index (χ2n) is 4.48. The monoisotopic (exact) mass is 286 g/mol. The number of alkyl halides is 3. The van der Waals surface area contributed by atoms with Crippen LogP contribution in [0.4, 0.5) is 18.9 Å². The van der Waals surface area contributed by atoms with Crippen LogP contribution in [0.3, 0.4) is 0 Å². The minimum Gasteiger partial charge on any atom is -0.493 e. The molecule has 7 heteroatoms. The summed E-state index contributed by atoms with van der Waals surface area (Å²) in [6.45, 7) is 4.28. The molecule has 0 fully saturated rings. The van der Waals surface area contributed by atoms with Crippen molar-refractivity contribution >= 4 is 11.6 Å². The van der Waals surface area contributed by atoms with Crippen molar-refractivity contribution in [2.75, 3.05) is 11.9 Å². The maximum Gasteiger partial charge on any atom is 0.471 e. The third-order valence-electron chi connectivity index (χ3n) is 2.20. The van der Waals surface area contributed by atoms with Gasteiger partial charge in [0.2, 0.25) is 0 Å². The van der Waals surface area contributed by atoms with Crippen LogP contribution in [0, 0.1) is 17.2 Å². The van der Waals surface area contributed by atoms with Crippen molar-refractivity contribution in [3.05, 3.63) is 23.8 Å². The summed E-state index contributed by atoms with van der Waals surface area (Å²) >= 11 is 0. The molecule has 1 aromatic rings. The van der Waals surface area contributed by atoms with Crippen LogP contribution >= 0.6 is 0 Å². The number of nitriles is 1. The van der Waals surface area contributed by atoms with E-state index < -0.39 is 12.1 Å². The van der Waals surface area contributed by atoms with Crippen molar-refractivity contribution < 1.29 is 22.7 Å². The topological polar surface area (TPSA) is 62.1 Å². The van der Waals surface area contributed by atoms with Crippen LogP contribution in [0.5, 0.6) is 5.75 Å². The van der Waals surface area contributed by atoms with E-state index in [1.54, 1.807) is 11.4 Å². The predicted molar refractivity (Wildman–Crippen MR) is 66.2 cm³/mol. The number of halogens is 3. The highest BCUT2D eigenvalue weighted by Gasteiger charge is 2.39. The van der Waals surface area contributed by atoms with E-state index in [9.17, 15) is 18.0 Å². The number of carbonyl (C=O) groups excluding carboxylic acids is 1. The fourth-order valence-corrected chi connectivity index (χ4v) is 1.27. The van der Waals surface area contributed by atoms with E-state index in [0.29, 0.717) is 12.4 Å². The van der Waals surface area contributed by atoms with E-state index in [1.165, 1.54) is 18.2 Å². The second kappa shape index (κ2) is 6.28. The van der Waals surface area contributed by atoms with Gasteiger partial charge >= 0.3 is 12.1 Å². The average molecular weight is 286 g/mol. The van der Waals surface area contributed by atoms with Crippen LogP contribution in [-0.2, 0) is 4.79 Å². The lowest BCUT2D eigenvalue weighted by Crippen LogP contribution is -2.30. The Morgan fingerprint density at radius 2 is 2.10 bits per heavy atom. The minimum atomic E-state index is -5.00.